The molecule has 18 heavy (non-hydrogen) atoms. The molecule has 1 unspecified atom stereocenters. The number of nitrogens with one attached hydrogen (secondary N) is 1. The van der Waals surface area contributed by atoms with Crippen molar-refractivity contribution in [3.8, 4) is 0 Å². The van der Waals surface area contributed by atoms with Crippen LogP contribution >= 0.6 is 12.2 Å². The van der Waals surface area contributed by atoms with Crippen LogP contribution in [-0.2, 0) is 4.79 Å². The van der Waals surface area contributed by atoms with Crippen molar-refractivity contribution in [1.82, 2.24) is 4.90 Å². The first kappa shape index (κ1) is 14.5. The molecule has 1 aromatic carbocycles. The third-order valence-electron chi connectivity index (χ3n) is 2.57. The Kier molecular flexibility index (Phi) is 5.18. The Hall–Kier alpha value is -1.53. The standard InChI is InChI=1S/C12H16FN3OS/c1-8(12(14)18)16(2)7-11(17)15-10-5-3-4-9(13)6-10/h3-6,8H,7H2,1-2H3,(H2,14,18)(H,15,17). The van der Waals surface area contributed by atoms with Gasteiger partial charge in [-0.3, -0.25) is 9.69 Å². The number of hydrogen-bond acceptors (Lipinski definition) is 3. The van der Waals surface area contributed by atoms with Crippen LogP contribution in [0.5, 0.6) is 0 Å². The fourth-order valence-electron chi connectivity index (χ4n) is 1.35. The smallest absolute Gasteiger partial charge is 0.238 e. The molecule has 0 aliphatic heterocycles. The molecule has 4 nitrogen and oxygen atoms in total. The first-order valence-electron chi connectivity index (χ1n) is 5.45. The van der Waals surface area contributed by atoms with Crippen molar-refractivity contribution in [3.63, 3.8) is 0 Å². The van der Waals surface area contributed by atoms with Gasteiger partial charge in [0.05, 0.1) is 17.6 Å². The molecule has 0 aliphatic rings. The first-order chi connectivity index (χ1) is 8.40. The zero-order valence-electron chi connectivity index (χ0n) is 10.3. The first-order valence-corrected chi connectivity index (χ1v) is 5.86. The van der Waals surface area contributed by atoms with Crippen molar-refractivity contribution in [2.45, 2.75) is 13.0 Å². The van der Waals surface area contributed by atoms with Crippen molar-refractivity contribution >= 4 is 28.8 Å². The molecular weight excluding hydrogens is 253 g/mol. The summed E-state index contributed by atoms with van der Waals surface area (Å²) in [6.45, 7) is 1.95. The second kappa shape index (κ2) is 6.42. The molecule has 0 aromatic heterocycles. The Balaban J connectivity index is 2.54. The normalized spacial score (nSPS) is 12.2. The molecule has 1 amide bonds. The summed E-state index contributed by atoms with van der Waals surface area (Å²) in [5, 5.41) is 2.60. The number of nitrogens with zero attached hydrogens (tertiary/aromatic N) is 1. The van der Waals surface area contributed by atoms with Crippen molar-refractivity contribution < 1.29 is 9.18 Å². The van der Waals surface area contributed by atoms with Crippen LogP contribution in [0.15, 0.2) is 24.3 Å². The summed E-state index contributed by atoms with van der Waals surface area (Å²) in [6.07, 6.45) is 0. The number of likely N-dealkylation sites (N-methyl/N-ethyl adjacent to an activating group) is 1. The monoisotopic (exact) mass is 269 g/mol. The van der Waals surface area contributed by atoms with E-state index in [-0.39, 0.29) is 18.5 Å². The highest BCUT2D eigenvalue weighted by atomic mass is 32.1. The number of carbonyl (C=O) groups is 1. The number of anilines is 1. The predicted octanol–water partition coefficient (Wildman–Crippen LogP) is 1.37. The third kappa shape index (κ3) is 4.38. The summed E-state index contributed by atoms with van der Waals surface area (Å²) in [7, 11) is 1.75. The highest BCUT2D eigenvalue weighted by molar-refractivity contribution is 7.80. The van der Waals surface area contributed by atoms with E-state index in [1.165, 1.54) is 18.2 Å². The zero-order chi connectivity index (χ0) is 13.7. The molecule has 1 atom stereocenters. The lowest BCUT2D eigenvalue weighted by Crippen LogP contribution is -2.43. The van der Waals surface area contributed by atoms with E-state index in [1.807, 2.05) is 6.92 Å². The fourth-order valence-corrected chi connectivity index (χ4v) is 1.53. The van der Waals surface area contributed by atoms with Crippen molar-refractivity contribution in [2.24, 2.45) is 5.73 Å². The van der Waals surface area contributed by atoms with Crippen LogP contribution in [0.25, 0.3) is 0 Å². The van der Waals surface area contributed by atoms with Gasteiger partial charge in [-0.05, 0) is 32.2 Å². The van der Waals surface area contributed by atoms with E-state index in [1.54, 1.807) is 18.0 Å². The van der Waals surface area contributed by atoms with Crippen LogP contribution < -0.4 is 11.1 Å². The topological polar surface area (TPSA) is 58.4 Å². The second-order valence-electron chi connectivity index (χ2n) is 4.05. The molecule has 0 saturated heterocycles. The summed E-state index contributed by atoms with van der Waals surface area (Å²) in [5.41, 5.74) is 5.92. The number of carbonyl (C=O) groups excluding carboxylic acids is 1. The second-order valence-corrected chi connectivity index (χ2v) is 4.52. The number of benzene rings is 1. The van der Waals surface area contributed by atoms with E-state index in [9.17, 15) is 9.18 Å². The molecule has 0 radical (unpaired) electrons. The lowest BCUT2D eigenvalue weighted by atomic mass is 10.3. The number of nitrogens with two attached hydrogens (primary N) is 1. The lowest BCUT2D eigenvalue weighted by molar-refractivity contribution is -0.117. The summed E-state index contributed by atoms with van der Waals surface area (Å²) in [6, 6.07) is 5.56. The Morgan fingerprint density at radius 2 is 2.28 bits per heavy atom. The summed E-state index contributed by atoms with van der Waals surface area (Å²) in [4.78, 5) is 13.8. The van der Waals surface area contributed by atoms with E-state index in [2.05, 4.69) is 5.32 Å². The van der Waals surface area contributed by atoms with Gasteiger partial charge in [-0.15, -0.1) is 0 Å². The van der Waals surface area contributed by atoms with Gasteiger partial charge >= 0.3 is 0 Å². The molecule has 1 rings (SSSR count). The molecule has 0 bridgehead atoms. The van der Waals surface area contributed by atoms with Crippen LogP contribution in [0.4, 0.5) is 10.1 Å². The highest BCUT2D eigenvalue weighted by Crippen LogP contribution is 2.09. The van der Waals surface area contributed by atoms with Crippen LogP contribution in [0.3, 0.4) is 0 Å². The minimum atomic E-state index is -0.391. The van der Waals surface area contributed by atoms with Crippen LogP contribution in [0.2, 0.25) is 0 Å². The summed E-state index contributed by atoms with van der Waals surface area (Å²) < 4.78 is 12.9. The zero-order valence-corrected chi connectivity index (χ0v) is 11.1. The minimum Gasteiger partial charge on any atom is -0.392 e. The van der Waals surface area contributed by atoms with E-state index in [4.69, 9.17) is 18.0 Å². The molecule has 0 aliphatic carbocycles. The molecule has 1 aromatic rings. The largest absolute Gasteiger partial charge is 0.392 e. The predicted molar refractivity (Wildman–Crippen MR) is 73.9 cm³/mol. The maximum Gasteiger partial charge on any atom is 0.238 e. The van der Waals surface area contributed by atoms with Crippen molar-refractivity contribution in [2.75, 3.05) is 18.9 Å². The van der Waals surface area contributed by atoms with E-state index < -0.39 is 5.82 Å². The Morgan fingerprint density at radius 1 is 1.61 bits per heavy atom. The summed E-state index contributed by atoms with van der Waals surface area (Å²) in [5.74, 6) is -0.635. The van der Waals surface area contributed by atoms with E-state index >= 15 is 0 Å². The average molecular weight is 269 g/mol. The van der Waals surface area contributed by atoms with E-state index in [0.717, 1.165) is 0 Å². The number of thiocarbonyl (C=S) groups is 1. The van der Waals surface area contributed by atoms with Gasteiger partial charge in [0.2, 0.25) is 5.91 Å². The molecule has 0 saturated carbocycles. The van der Waals surface area contributed by atoms with Gasteiger partial charge in [-0.1, -0.05) is 18.3 Å². The number of halogens is 1. The quantitative estimate of drug-likeness (QED) is 0.793. The van der Waals surface area contributed by atoms with Gasteiger partial charge in [0.15, 0.2) is 0 Å². The van der Waals surface area contributed by atoms with E-state index in [0.29, 0.717) is 10.7 Å². The molecule has 98 valence electrons. The molecule has 0 fully saturated rings. The minimum absolute atomic E-state index is 0.134. The Bertz CT molecular complexity index is 453. The van der Waals surface area contributed by atoms with Crippen LogP contribution in [-0.4, -0.2) is 35.4 Å². The Labute approximate surface area is 111 Å². The van der Waals surface area contributed by atoms with Crippen molar-refractivity contribution in [3.05, 3.63) is 30.1 Å². The van der Waals surface area contributed by atoms with Gasteiger partial charge in [0.25, 0.3) is 0 Å². The van der Waals surface area contributed by atoms with Crippen LogP contribution in [0.1, 0.15) is 6.92 Å². The maximum absolute atomic E-state index is 12.9. The average Bonchev–Trinajstić information content (AvgIpc) is 2.27. The SMILES string of the molecule is CC(C(N)=S)N(C)CC(=O)Nc1cccc(F)c1. The molecule has 3 N–H and O–H groups in total. The van der Waals surface area contributed by atoms with Gasteiger partial charge in [-0.2, -0.15) is 0 Å². The number of amides is 1. The summed E-state index contributed by atoms with van der Waals surface area (Å²) >= 11 is 4.85. The third-order valence-corrected chi connectivity index (χ3v) is 2.92. The molecule has 6 heteroatoms. The molecule has 0 spiro atoms. The maximum atomic E-state index is 12.9. The number of rotatable bonds is 5. The van der Waals surface area contributed by atoms with Gasteiger partial charge < -0.3 is 11.1 Å². The molecular formula is C12H16FN3OS. The van der Waals surface area contributed by atoms with Crippen LogP contribution in [0, 0.1) is 5.82 Å². The Morgan fingerprint density at radius 3 is 2.83 bits per heavy atom. The number of hydrogen-bond donors (Lipinski definition) is 2. The molecule has 0 heterocycles. The fraction of sp³-hybridized carbons (Fsp3) is 0.333. The van der Waals surface area contributed by atoms with Gasteiger partial charge in [0.1, 0.15) is 5.82 Å². The highest BCUT2D eigenvalue weighted by Gasteiger charge is 2.15. The lowest BCUT2D eigenvalue weighted by Gasteiger charge is -2.22. The van der Waals surface area contributed by atoms with Gasteiger partial charge in [0, 0.05) is 5.69 Å². The van der Waals surface area contributed by atoms with Gasteiger partial charge in [-0.25, -0.2) is 4.39 Å². The van der Waals surface area contributed by atoms with Crippen molar-refractivity contribution in [1.29, 1.82) is 0 Å².